The van der Waals surface area contributed by atoms with Gasteiger partial charge in [-0.25, -0.2) is 0 Å². The summed E-state index contributed by atoms with van der Waals surface area (Å²) in [6.45, 7) is 0. The average Bonchev–Trinajstić information content (AvgIpc) is 3.07. The fourth-order valence-electron chi connectivity index (χ4n) is 5.68. The summed E-state index contributed by atoms with van der Waals surface area (Å²) in [6.07, 6.45) is 11.1. The van der Waals surface area contributed by atoms with Crippen LogP contribution >= 0.6 is 0 Å². The molecule has 0 aromatic rings. The molecule has 5 fully saturated rings. The summed E-state index contributed by atoms with van der Waals surface area (Å²) in [5.41, 5.74) is 1.06. The summed E-state index contributed by atoms with van der Waals surface area (Å²) in [7, 11) is 0. The minimum atomic E-state index is 1.06. The summed E-state index contributed by atoms with van der Waals surface area (Å²) in [5.74, 6) is 7.62. The summed E-state index contributed by atoms with van der Waals surface area (Å²) in [5, 5.41) is 0. The van der Waals surface area contributed by atoms with Crippen LogP contribution in [0.5, 0.6) is 0 Å². The molecule has 0 saturated heterocycles. The van der Waals surface area contributed by atoms with Crippen LogP contribution in [-0.2, 0) is 0 Å². The van der Waals surface area contributed by atoms with Crippen LogP contribution in [0.2, 0.25) is 0 Å². The number of hydrogen-bond acceptors (Lipinski definition) is 0. The molecule has 0 aromatic heterocycles. The van der Waals surface area contributed by atoms with Crippen LogP contribution in [0.25, 0.3) is 0 Å². The molecular formula is C14H20. The predicted octanol–water partition coefficient (Wildman–Crippen LogP) is 3.47. The summed E-state index contributed by atoms with van der Waals surface area (Å²) in [6, 6.07) is 0. The smallest absolute Gasteiger partial charge is 0.0161 e. The van der Waals surface area contributed by atoms with Crippen LogP contribution in [0.4, 0.5) is 0 Å². The number of rotatable bonds is 2. The molecule has 76 valence electrons. The second-order valence-corrected chi connectivity index (χ2v) is 6.84. The molecule has 0 bridgehead atoms. The Labute approximate surface area is 86.5 Å². The van der Waals surface area contributed by atoms with Crippen LogP contribution < -0.4 is 0 Å². The molecule has 5 aliphatic carbocycles. The number of hydrogen-bond donors (Lipinski definition) is 0. The van der Waals surface area contributed by atoms with Crippen molar-refractivity contribution in [2.75, 3.05) is 0 Å². The highest BCUT2D eigenvalue weighted by atomic mass is 15.1. The van der Waals surface area contributed by atoms with Gasteiger partial charge in [0.05, 0.1) is 0 Å². The van der Waals surface area contributed by atoms with Crippen molar-refractivity contribution in [3.05, 3.63) is 0 Å². The third-order valence-electron chi connectivity index (χ3n) is 6.43. The lowest BCUT2D eigenvalue weighted by Crippen LogP contribution is -2.12. The highest BCUT2D eigenvalue weighted by molar-refractivity contribution is 5.50. The van der Waals surface area contributed by atoms with Gasteiger partial charge in [-0.2, -0.15) is 0 Å². The Bertz CT molecular complexity index is 297. The lowest BCUT2D eigenvalue weighted by Gasteiger charge is -2.23. The first-order chi connectivity index (χ1) is 6.95. The lowest BCUT2D eigenvalue weighted by molar-refractivity contribution is 0.279. The van der Waals surface area contributed by atoms with Gasteiger partial charge < -0.3 is 0 Å². The van der Waals surface area contributed by atoms with Crippen LogP contribution in [-0.4, -0.2) is 0 Å². The van der Waals surface area contributed by atoms with Crippen molar-refractivity contribution in [2.24, 2.45) is 40.9 Å². The zero-order valence-corrected chi connectivity index (χ0v) is 8.91. The van der Waals surface area contributed by atoms with E-state index in [2.05, 4.69) is 0 Å². The molecular weight excluding hydrogens is 168 g/mol. The quantitative estimate of drug-likeness (QED) is 0.622. The first kappa shape index (κ1) is 7.30. The van der Waals surface area contributed by atoms with E-state index in [0.717, 1.165) is 5.41 Å². The number of fused-ring (bicyclic) bond motifs is 1. The van der Waals surface area contributed by atoms with E-state index in [-0.39, 0.29) is 0 Å². The van der Waals surface area contributed by atoms with Crippen LogP contribution in [0.15, 0.2) is 0 Å². The minimum Gasteiger partial charge on any atom is -0.0533 e. The van der Waals surface area contributed by atoms with Gasteiger partial charge in [0.2, 0.25) is 0 Å². The highest BCUT2D eigenvalue weighted by Gasteiger charge is 3.04. The molecule has 5 saturated carbocycles. The largest absolute Gasteiger partial charge is 0.0533 e. The fraction of sp³-hybridized carbons (Fsp3) is 1.00. The van der Waals surface area contributed by atoms with Crippen molar-refractivity contribution >= 4 is 0 Å². The van der Waals surface area contributed by atoms with E-state index in [1.807, 2.05) is 0 Å². The van der Waals surface area contributed by atoms with E-state index in [0.29, 0.717) is 0 Å². The molecule has 5 unspecified atom stereocenters. The summed E-state index contributed by atoms with van der Waals surface area (Å²) in [4.78, 5) is 0. The first-order valence-electron chi connectivity index (χ1n) is 6.95. The summed E-state index contributed by atoms with van der Waals surface area (Å²) >= 11 is 0. The second kappa shape index (κ2) is 1.95. The van der Waals surface area contributed by atoms with Gasteiger partial charge in [-0.15, -0.1) is 0 Å². The molecule has 0 N–H and O–H groups in total. The van der Waals surface area contributed by atoms with Crippen LogP contribution in [0.1, 0.15) is 44.9 Å². The van der Waals surface area contributed by atoms with Gasteiger partial charge in [-0.3, -0.25) is 0 Å². The van der Waals surface area contributed by atoms with E-state index in [4.69, 9.17) is 0 Å². The molecule has 14 heavy (non-hydrogen) atoms. The van der Waals surface area contributed by atoms with Gasteiger partial charge in [0.1, 0.15) is 0 Å². The Hall–Kier alpha value is 0. The first-order valence-corrected chi connectivity index (χ1v) is 6.95. The predicted molar refractivity (Wildman–Crippen MR) is 55.7 cm³/mol. The van der Waals surface area contributed by atoms with Gasteiger partial charge >= 0.3 is 0 Å². The molecule has 0 aliphatic heterocycles. The second-order valence-electron chi connectivity index (χ2n) is 6.84. The van der Waals surface area contributed by atoms with Crippen LogP contribution in [0, 0.1) is 40.9 Å². The maximum absolute atomic E-state index is 1.60. The zero-order valence-electron chi connectivity index (χ0n) is 8.91. The van der Waals surface area contributed by atoms with Crippen molar-refractivity contribution in [1.82, 2.24) is 0 Å². The van der Waals surface area contributed by atoms with Crippen molar-refractivity contribution in [3.63, 3.8) is 0 Å². The molecule has 0 nitrogen and oxygen atoms in total. The SMILES string of the molecule is C1CCC(C2C3C4C(C5CC5)C234)CC1. The Morgan fingerprint density at radius 3 is 1.71 bits per heavy atom. The van der Waals surface area contributed by atoms with Gasteiger partial charge in [0.15, 0.2) is 0 Å². The maximum atomic E-state index is 1.60. The average molecular weight is 188 g/mol. The molecule has 0 aromatic carbocycles. The third kappa shape index (κ3) is 0.605. The fourth-order valence-corrected chi connectivity index (χ4v) is 5.68. The molecule has 5 atom stereocenters. The molecule has 0 radical (unpaired) electrons. The maximum Gasteiger partial charge on any atom is -0.0161 e. The molecule has 1 spiro atoms. The molecule has 5 aliphatic rings. The normalized spacial score (nSPS) is 64.3. The monoisotopic (exact) mass is 188 g/mol. The summed E-state index contributed by atoms with van der Waals surface area (Å²) < 4.78 is 0. The van der Waals surface area contributed by atoms with E-state index >= 15 is 0 Å². The van der Waals surface area contributed by atoms with E-state index in [1.54, 1.807) is 38.5 Å². The topological polar surface area (TPSA) is 0 Å². The highest BCUT2D eigenvalue weighted by Crippen LogP contribution is 3.07. The van der Waals surface area contributed by atoms with Crippen molar-refractivity contribution in [3.8, 4) is 0 Å². The minimum absolute atomic E-state index is 1.06. The molecule has 0 amide bonds. The van der Waals surface area contributed by atoms with E-state index in [9.17, 15) is 0 Å². The van der Waals surface area contributed by atoms with E-state index in [1.165, 1.54) is 41.9 Å². The molecule has 0 heterocycles. The van der Waals surface area contributed by atoms with E-state index < -0.39 is 0 Å². The van der Waals surface area contributed by atoms with Gasteiger partial charge in [0.25, 0.3) is 0 Å². The Morgan fingerprint density at radius 2 is 1.14 bits per heavy atom. The third-order valence-corrected chi connectivity index (χ3v) is 6.43. The standard InChI is InChI=1S/C14H20/c1-2-4-8(5-3-1)10-12-13-11(9-6-7-9)14(10,12)13/h8-13H,1-7H2. The Morgan fingerprint density at radius 1 is 0.571 bits per heavy atom. The van der Waals surface area contributed by atoms with Crippen molar-refractivity contribution in [2.45, 2.75) is 44.9 Å². The van der Waals surface area contributed by atoms with Gasteiger partial charge in [0, 0.05) is 0 Å². The van der Waals surface area contributed by atoms with Crippen molar-refractivity contribution < 1.29 is 0 Å². The molecule has 5 rings (SSSR count). The van der Waals surface area contributed by atoms with Crippen LogP contribution in [0.3, 0.4) is 0 Å². The lowest BCUT2D eigenvalue weighted by atomic mass is 9.82. The van der Waals surface area contributed by atoms with Crippen molar-refractivity contribution in [1.29, 1.82) is 0 Å². The molecule has 0 heteroatoms. The Balaban J connectivity index is 1.32. The van der Waals surface area contributed by atoms with Gasteiger partial charge in [-0.05, 0) is 53.8 Å². The zero-order chi connectivity index (χ0) is 8.91. The Kier molecular flexibility index (Phi) is 1.02. The van der Waals surface area contributed by atoms with Gasteiger partial charge in [-0.1, -0.05) is 32.1 Å².